The molecule has 0 aliphatic rings. The van der Waals surface area contributed by atoms with E-state index in [2.05, 4.69) is 4.72 Å². The second-order valence-corrected chi connectivity index (χ2v) is 7.54. The molecule has 0 spiro atoms. The number of rotatable bonds is 5. The Kier molecular flexibility index (Phi) is 4.77. The van der Waals surface area contributed by atoms with E-state index < -0.39 is 10.0 Å². The van der Waals surface area contributed by atoms with Gasteiger partial charge in [-0.25, -0.2) is 8.42 Å². The molecule has 0 amide bonds. The lowest BCUT2D eigenvalue weighted by atomic mass is 10.1. The lowest BCUT2D eigenvalue weighted by molar-refractivity contribution is 0.101. The average molecular weight is 366 g/mol. The molecule has 0 aliphatic heterocycles. The van der Waals surface area contributed by atoms with Gasteiger partial charge in [0.15, 0.2) is 5.78 Å². The van der Waals surface area contributed by atoms with E-state index in [0.717, 1.165) is 11.1 Å². The largest absolute Gasteiger partial charge is 0.399 e. The number of anilines is 2. The van der Waals surface area contributed by atoms with Crippen LogP contribution < -0.4 is 10.5 Å². The van der Waals surface area contributed by atoms with Gasteiger partial charge in [-0.3, -0.25) is 9.52 Å². The summed E-state index contributed by atoms with van der Waals surface area (Å²) < 4.78 is 27.7. The molecule has 0 aromatic heterocycles. The zero-order valence-electron chi connectivity index (χ0n) is 14.1. The molecule has 0 atom stereocenters. The summed E-state index contributed by atoms with van der Waals surface area (Å²) >= 11 is 0. The van der Waals surface area contributed by atoms with Gasteiger partial charge < -0.3 is 5.73 Å². The van der Waals surface area contributed by atoms with Gasteiger partial charge in [-0.2, -0.15) is 0 Å². The van der Waals surface area contributed by atoms with Gasteiger partial charge in [0.05, 0.1) is 10.6 Å². The van der Waals surface area contributed by atoms with Gasteiger partial charge >= 0.3 is 0 Å². The van der Waals surface area contributed by atoms with Gasteiger partial charge in [0.2, 0.25) is 0 Å². The monoisotopic (exact) mass is 366 g/mol. The number of carbonyl (C=O) groups excluding carboxylic acids is 1. The smallest absolute Gasteiger partial charge is 0.261 e. The van der Waals surface area contributed by atoms with Crippen molar-refractivity contribution in [2.24, 2.45) is 0 Å². The molecule has 26 heavy (non-hydrogen) atoms. The summed E-state index contributed by atoms with van der Waals surface area (Å²) in [6, 6.07) is 20.4. The van der Waals surface area contributed by atoms with Crippen LogP contribution in [0.2, 0.25) is 0 Å². The van der Waals surface area contributed by atoms with Gasteiger partial charge in [0, 0.05) is 11.3 Å². The summed E-state index contributed by atoms with van der Waals surface area (Å²) in [7, 11) is -3.80. The van der Waals surface area contributed by atoms with E-state index in [4.69, 9.17) is 5.73 Å². The first-order chi connectivity index (χ1) is 12.4. The van der Waals surface area contributed by atoms with Crippen molar-refractivity contribution in [3.05, 3.63) is 78.4 Å². The number of carbonyl (C=O) groups is 1. The predicted octanol–water partition coefficient (Wildman–Crippen LogP) is 3.94. The van der Waals surface area contributed by atoms with Crippen molar-refractivity contribution in [2.45, 2.75) is 11.8 Å². The van der Waals surface area contributed by atoms with Crippen molar-refractivity contribution < 1.29 is 13.2 Å². The van der Waals surface area contributed by atoms with Crippen LogP contribution in [0.3, 0.4) is 0 Å². The summed E-state index contributed by atoms with van der Waals surface area (Å²) in [4.78, 5) is 11.8. The topological polar surface area (TPSA) is 89.3 Å². The van der Waals surface area contributed by atoms with Gasteiger partial charge in [-0.05, 0) is 54.4 Å². The average Bonchev–Trinajstić information content (AvgIpc) is 2.62. The highest BCUT2D eigenvalue weighted by molar-refractivity contribution is 7.92. The van der Waals surface area contributed by atoms with Crippen LogP contribution in [-0.2, 0) is 10.0 Å². The molecular weight excluding hydrogens is 348 g/mol. The van der Waals surface area contributed by atoms with E-state index in [1.807, 2.05) is 12.1 Å². The number of nitrogens with two attached hydrogens (primary N) is 1. The molecule has 3 N–H and O–H groups in total. The lowest BCUT2D eigenvalue weighted by Gasteiger charge is -2.11. The maximum atomic E-state index is 12.6. The van der Waals surface area contributed by atoms with Gasteiger partial charge in [0.1, 0.15) is 0 Å². The van der Waals surface area contributed by atoms with E-state index in [0.29, 0.717) is 11.3 Å². The number of sulfonamides is 1. The minimum absolute atomic E-state index is 0.120. The predicted molar refractivity (Wildman–Crippen MR) is 104 cm³/mol. The van der Waals surface area contributed by atoms with E-state index >= 15 is 0 Å². The molecule has 0 heterocycles. The van der Waals surface area contributed by atoms with Crippen LogP contribution in [0, 0.1) is 0 Å². The van der Waals surface area contributed by atoms with Crippen LogP contribution in [0.1, 0.15) is 17.3 Å². The lowest BCUT2D eigenvalue weighted by Crippen LogP contribution is -2.15. The summed E-state index contributed by atoms with van der Waals surface area (Å²) in [5.74, 6) is -0.206. The summed E-state index contributed by atoms with van der Waals surface area (Å²) in [5, 5.41) is 0. The molecule has 0 radical (unpaired) electrons. The number of Topliss-reactive ketones (excluding diaryl/α,β-unsaturated/α-hetero) is 1. The molecule has 0 saturated heterocycles. The maximum Gasteiger partial charge on any atom is 0.261 e. The van der Waals surface area contributed by atoms with Crippen molar-refractivity contribution in [3.8, 4) is 11.1 Å². The van der Waals surface area contributed by atoms with Crippen molar-refractivity contribution >= 4 is 27.2 Å². The second-order valence-electron chi connectivity index (χ2n) is 5.85. The molecule has 3 aromatic carbocycles. The van der Waals surface area contributed by atoms with Gasteiger partial charge in [-0.1, -0.05) is 36.4 Å². The normalized spacial score (nSPS) is 11.1. The Bertz CT molecular complexity index is 1040. The second kappa shape index (κ2) is 7.01. The number of nitrogen functional groups attached to an aromatic ring is 1. The van der Waals surface area contributed by atoms with Crippen molar-refractivity contribution in [1.82, 2.24) is 0 Å². The Morgan fingerprint density at radius 2 is 1.38 bits per heavy atom. The van der Waals surface area contributed by atoms with Gasteiger partial charge in [0.25, 0.3) is 10.0 Å². The molecule has 0 unspecified atom stereocenters. The van der Waals surface area contributed by atoms with Crippen LogP contribution in [0.15, 0.2) is 77.7 Å². The standard InChI is InChI=1S/C20H18N2O3S/c1-14(23)19-4-2-3-5-20(19)22-26(24,25)18-12-8-16(9-13-18)15-6-10-17(21)11-7-15/h2-13,22H,21H2,1H3. The molecule has 0 fully saturated rings. The molecule has 132 valence electrons. The van der Waals surface area contributed by atoms with Crippen LogP contribution in [0.4, 0.5) is 11.4 Å². The Labute approximate surface area is 152 Å². The van der Waals surface area contributed by atoms with Crippen molar-refractivity contribution in [3.63, 3.8) is 0 Å². The minimum atomic E-state index is -3.80. The highest BCUT2D eigenvalue weighted by Gasteiger charge is 2.17. The third-order valence-electron chi connectivity index (χ3n) is 3.96. The highest BCUT2D eigenvalue weighted by atomic mass is 32.2. The molecule has 3 rings (SSSR count). The van der Waals surface area contributed by atoms with Crippen LogP contribution in [0.25, 0.3) is 11.1 Å². The Morgan fingerprint density at radius 1 is 0.846 bits per heavy atom. The van der Waals surface area contributed by atoms with Gasteiger partial charge in [-0.15, -0.1) is 0 Å². The first-order valence-electron chi connectivity index (χ1n) is 7.95. The Morgan fingerprint density at radius 3 is 1.96 bits per heavy atom. The first kappa shape index (κ1) is 17.7. The number of hydrogen-bond donors (Lipinski definition) is 2. The summed E-state index contributed by atoms with van der Waals surface area (Å²) in [6.45, 7) is 1.40. The van der Waals surface area contributed by atoms with E-state index in [1.54, 1.807) is 48.5 Å². The summed E-state index contributed by atoms with van der Waals surface area (Å²) in [5.41, 5.74) is 8.77. The molecule has 0 aliphatic carbocycles. The van der Waals surface area contributed by atoms with Crippen LogP contribution >= 0.6 is 0 Å². The SMILES string of the molecule is CC(=O)c1ccccc1NS(=O)(=O)c1ccc(-c2ccc(N)cc2)cc1. The molecule has 5 nitrogen and oxygen atoms in total. The van der Waals surface area contributed by atoms with E-state index in [1.165, 1.54) is 19.1 Å². The Balaban J connectivity index is 1.89. The summed E-state index contributed by atoms with van der Waals surface area (Å²) in [6.07, 6.45) is 0. The number of para-hydroxylation sites is 1. The molecule has 6 heteroatoms. The quantitative estimate of drug-likeness (QED) is 0.529. The number of nitrogens with one attached hydrogen (secondary N) is 1. The van der Waals surface area contributed by atoms with E-state index in [-0.39, 0.29) is 16.4 Å². The number of hydrogen-bond acceptors (Lipinski definition) is 4. The number of benzene rings is 3. The Hall–Kier alpha value is -3.12. The molecule has 0 saturated carbocycles. The highest BCUT2D eigenvalue weighted by Crippen LogP contribution is 2.24. The van der Waals surface area contributed by atoms with Crippen molar-refractivity contribution in [1.29, 1.82) is 0 Å². The van der Waals surface area contributed by atoms with Crippen molar-refractivity contribution in [2.75, 3.05) is 10.5 Å². The fourth-order valence-electron chi connectivity index (χ4n) is 2.58. The zero-order valence-corrected chi connectivity index (χ0v) is 15.0. The third kappa shape index (κ3) is 3.75. The zero-order chi connectivity index (χ0) is 18.7. The maximum absolute atomic E-state index is 12.6. The first-order valence-corrected chi connectivity index (χ1v) is 9.44. The van der Waals surface area contributed by atoms with Crippen LogP contribution in [-0.4, -0.2) is 14.2 Å². The fourth-order valence-corrected chi connectivity index (χ4v) is 3.66. The molecule has 0 bridgehead atoms. The number of ketones is 1. The third-order valence-corrected chi connectivity index (χ3v) is 5.34. The molecule has 3 aromatic rings. The minimum Gasteiger partial charge on any atom is -0.399 e. The fraction of sp³-hybridized carbons (Fsp3) is 0.0500. The van der Waals surface area contributed by atoms with E-state index in [9.17, 15) is 13.2 Å². The molecular formula is C20H18N2O3S. The van der Waals surface area contributed by atoms with Crippen LogP contribution in [0.5, 0.6) is 0 Å².